The number of piperidine rings is 1. The summed E-state index contributed by atoms with van der Waals surface area (Å²) in [6.45, 7) is 7.41. The van der Waals surface area contributed by atoms with E-state index < -0.39 is 34.9 Å². The van der Waals surface area contributed by atoms with Gasteiger partial charge in [0.1, 0.15) is 11.4 Å². The van der Waals surface area contributed by atoms with E-state index in [1.807, 2.05) is 20.8 Å². The van der Waals surface area contributed by atoms with Crippen molar-refractivity contribution >= 4 is 17.5 Å². The minimum atomic E-state index is -4.95. The van der Waals surface area contributed by atoms with Crippen LogP contribution in [0.2, 0.25) is 0 Å². The van der Waals surface area contributed by atoms with Gasteiger partial charge in [-0.05, 0) is 48.4 Å². The van der Waals surface area contributed by atoms with Crippen LogP contribution in [-0.2, 0) is 16.6 Å². The van der Waals surface area contributed by atoms with E-state index in [0.717, 1.165) is 10.5 Å². The molecule has 7 nitrogen and oxygen atoms in total. The Morgan fingerprint density at radius 1 is 1.18 bits per heavy atom. The van der Waals surface area contributed by atoms with Crippen molar-refractivity contribution in [3.05, 3.63) is 47.0 Å². The fraction of sp³-hybridized carbons (Fsp3) is 0.478. The van der Waals surface area contributed by atoms with Gasteiger partial charge in [0.2, 0.25) is 0 Å². The van der Waals surface area contributed by atoms with Gasteiger partial charge in [-0.1, -0.05) is 20.8 Å². The van der Waals surface area contributed by atoms with Crippen molar-refractivity contribution in [2.75, 3.05) is 11.9 Å². The van der Waals surface area contributed by atoms with E-state index in [4.69, 9.17) is 0 Å². The van der Waals surface area contributed by atoms with Crippen molar-refractivity contribution < 1.29 is 27.9 Å². The quantitative estimate of drug-likeness (QED) is 0.663. The van der Waals surface area contributed by atoms with E-state index in [0.29, 0.717) is 17.7 Å². The maximum Gasteiger partial charge on any atom is 0.471 e. The molecule has 0 saturated carbocycles. The lowest BCUT2D eigenvalue weighted by Crippen LogP contribution is -2.66. The van der Waals surface area contributed by atoms with Crippen LogP contribution in [0.5, 0.6) is 5.75 Å². The summed E-state index contributed by atoms with van der Waals surface area (Å²) in [6, 6.07) is 2.47. The first-order chi connectivity index (χ1) is 15.3. The van der Waals surface area contributed by atoms with Crippen molar-refractivity contribution in [3.63, 3.8) is 0 Å². The number of amides is 2. The van der Waals surface area contributed by atoms with Crippen LogP contribution < -0.4 is 5.32 Å². The van der Waals surface area contributed by atoms with Crippen LogP contribution >= 0.6 is 0 Å². The summed E-state index contributed by atoms with van der Waals surface area (Å²) in [5.74, 6) is -2.59. The summed E-state index contributed by atoms with van der Waals surface area (Å²) >= 11 is 0. The molecule has 2 aliphatic rings. The third-order valence-corrected chi connectivity index (χ3v) is 7.48. The fourth-order valence-electron chi connectivity index (χ4n) is 5.15. The molecule has 10 heteroatoms. The Hall–Kier alpha value is -3.17. The lowest BCUT2D eigenvalue weighted by Gasteiger charge is -2.60. The van der Waals surface area contributed by atoms with Crippen LogP contribution in [0.3, 0.4) is 0 Å². The Morgan fingerprint density at radius 3 is 2.48 bits per heavy atom. The molecule has 1 aromatic heterocycles. The molecule has 1 unspecified atom stereocenters. The second kappa shape index (κ2) is 7.43. The number of anilines is 1. The zero-order valence-electron chi connectivity index (χ0n) is 18.7. The number of nitrogens with zero attached hydrogens (tertiary/aromatic N) is 3. The number of likely N-dealkylation sites (tertiary alicyclic amines) is 1. The van der Waals surface area contributed by atoms with E-state index in [9.17, 15) is 27.9 Å². The zero-order valence-corrected chi connectivity index (χ0v) is 18.7. The monoisotopic (exact) mass is 462 g/mol. The van der Waals surface area contributed by atoms with Crippen LogP contribution in [-0.4, -0.2) is 50.6 Å². The van der Waals surface area contributed by atoms with Gasteiger partial charge in [0, 0.05) is 24.2 Å². The predicted octanol–water partition coefficient (Wildman–Crippen LogP) is 3.75. The first kappa shape index (κ1) is 23.0. The Morgan fingerprint density at radius 2 is 1.88 bits per heavy atom. The minimum absolute atomic E-state index is 0.0239. The molecule has 1 fully saturated rings. The predicted molar refractivity (Wildman–Crippen MR) is 114 cm³/mol. The maximum atomic E-state index is 13.2. The minimum Gasteiger partial charge on any atom is -0.506 e. The average molecular weight is 462 g/mol. The number of carbonyl (C=O) groups is 2. The van der Waals surface area contributed by atoms with Crippen molar-refractivity contribution in [3.8, 4) is 5.75 Å². The zero-order chi connectivity index (χ0) is 24.3. The van der Waals surface area contributed by atoms with Gasteiger partial charge in [-0.25, -0.2) is 4.98 Å². The molecule has 2 heterocycles. The van der Waals surface area contributed by atoms with Crippen molar-refractivity contribution in [2.45, 2.75) is 58.2 Å². The summed E-state index contributed by atoms with van der Waals surface area (Å²) < 4.78 is 39.7. The van der Waals surface area contributed by atoms with Crippen molar-refractivity contribution in [1.29, 1.82) is 0 Å². The van der Waals surface area contributed by atoms with Gasteiger partial charge < -0.3 is 15.3 Å². The number of halogens is 3. The van der Waals surface area contributed by atoms with Crippen molar-refractivity contribution in [1.82, 2.24) is 14.9 Å². The van der Waals surface area contributed by atoms with Crippen LogP contribution in [0.15, 0.2) is 24.5 Å². The number of nitrogens with one attached hydrogen (secondary N) is 1. The molecule has 176 valence electrons. The van der Waals surface area contributed by atoms with Crippen LogP contribution in [0.1, 0.15) is 54.5 Å². The van der Waals surface area contributed by atoms with E-state index >= 15 is 0 Å². The number of fused-ring (bicyclic) bond motifs is 4. The largest absolute Gasteiger partial charge is 0.506 e. The molecule has 0 radical (unpaired) electrons. The van der Waals surface area contributed by atoms with Crippen molar-refractivity contribution in [2.24, 2.45) is 5.41 Å². The first-order valence-corrected chi connectivity index (χ1v) is 10.6. The molecule has 2 atom stereocenters. The SMILES string of the molecule is Cc1cnc(C(=O)Nc2cc3c(cc2O)C[C@H]2N(C(=O)C(F)(F)F)CCC3(C)C2(C)C)cn1. The number of hydrogen-bond acceptors (Lipinski definition) is 5. The normalized spacial score (nSPS) is 23.6. The molecular weight excluding hydrogens is 437 g/mol. The highest BCUT2D eigenvalue weighted by Gasteiger charge is 2.59. The number of carbonyl (C=O) groups excluding carboxylic acids is 2. The van der Waals surface area contributed by atoms with Gasteiger partial charge in [-0.3, -0.25) is 14.6 Å². The number of rotatable bonds is 2. The maximum absolute atomic E-state index is 13.2. The summed E-state index contributed by atoms with van der Waals surface area (Å²) in [5.41, 5.74) is 1.17. The summed E-state index contributed by atoms with van der Waals surface area (Å²) in [5, 5.41) is 13.2. The number of aryl methyl sites for hydroxylation is 1. The van der Waals surface area contributed by atoms with Gasteiger partial charge in [0.15, 0.2) is 0 Å². The molecule has 1 aliphatic heterocycles. The number of aromatic nitrogens is 2. The number of alkyl halides is 3. The number of phenols is 1. The Balaban J connectivity index is 1.71. The number of hydrogen-bond donors (Lipinski definition) is 2. The lowest BCUT2D eigenvalue weighted by molar-refractivity contribution is -0.195. The van der Waals surface area contributed by atoms with Crippen LogP contribution in [0, 0.1) is 12.3 Å². The fourth-order valence-corrected chi connectivity index (χ4v) is 5.15. The summed E-state index contributed by atoms with van der Waals surface area (Å²) in [4.78, 5) is 33.7. The molecule has 33 heavy (non-hydrogen) atoms. The molecule has 2 aromatic rings. The number of phenolic OH excluding ortho intramolecular Hbond substituents is 1. The second-order valence-electron chi connectivity index (χ2n) is 9.54. The molecule has 1 saturated heterocycles. The van der Waals surface area contributed by atoms with E-state index in [1.165, 1.54) is 18.5 Å². The third-order valence-electron chi connectivity index (χ3n) is 7.48. The molecule has 2 amide bonds. The van der Waals surface area contributed by atoms with Gasteiger partial charge in [0.25, 0.3) is 5.91 Å². The average Bonchev–Trinajstić information content (AvgIpc) is 2.71. The number of aromatic hydroxyl groups is 1. The van der Waals surface area contributed by atoms with Gasteiger partial charge >= 0.3 is 12.1 Å². The standard InChI is InChI=1S/C23H25F3N4O3/c1-12-10-28-16(11-27-12)19(32)29-15-9-14-13(7-17(15)31)8-18-21(2,3)22(14,4)5-6-30(18)20(33)23(24,25)26/h7,9-11,18,31H,5-6,8H2,1-4H3,(H,29,32)/t18-,22?/m1/s1. The molecular formula is C23H25F3N4O3. The lowest BCUT2D eigenvalue weighted by atomic mass is 9.51. The number of benzene rings is 1. The summed E-state index contributed by atoms with van der Waals surface area (Å²) in [6.07, 6.45) is -1.67. The smallest absolute Gasteiger partial charge is 0.471 e. The Bertz CT molecular complexity index is 1130. The molecule has 2 N–H and O–H groups in total. The van der Waals surface area contributed by atoms with E-state index in [2.05, 4.69) is 15.3 Å². The highest BCUT2D eigenvalue weighted by atomic mass is 19.4. The molecule has 1 aromatic carbocycles. The summed E-state index contributed by atoms with van der Waals surface area (Å²) in [7, 11) is 0. The van der Waals surface area contributed by atoms with E-state index in [1.54, 1.807) is 13.0 Å². The van der Waals surface area contributed by atoms with E-state index in [-0.39, 0.29) is 30.1 Å². The Labute approximate surface area is 189 Å². The topological polar surface area (TPSA) is 95.4 Å². The Kier molecular flexibility index (Phi) is 5.18. The van der Waals surface area contributed by atoms with Crippen LogP contribution in [0.25, 0.3) is 0 Å². The van der Waals surface area contributed by atoms with Crippen LogP contribution in [0.4, 0.5) is 18.9 Å². The highest BCUT2D eigenvalue weighted by Crippen LogP contribution is 2.57. The molecule has 1 aliphatic carbocycles. The molecule has 4 rings (SSSR count). The van der Waals surface area contributed by atoms with Gasteiger partial charge in [-0.15, -0.1) is 0 Å². The molecule has 0 spiro atoms. The first-order valence-electron chi connectivity index (χ1n) is 10.6. The van der Waals surface area contributed by atoms with Gasteiger partial charge in [-0.2, -0.15) is 13.2 Å². The van der Waals surface area contributed by atoms with Gasteiger partial charge in [0.05, 0.1) is 17.6 Å². The second-order valence-corrected chi connectivity index (χ2v) is 9.54. The third kappa shape index (κ3) is 3.61. The highest BCUT2D eigenvalue weighted by molar-refractivity contribution is 6.03. The molecule has 2 bridgehead atoms.